The van der Waals surface area contributed by atoms with Crippen LogP contribution in [-0.2, 0) is 4.74 Å². The average molecular weight is 240 g/mol. The van der Waals surface area contributed by atoms with Crippen LogP contribution in [0, 0.1) is 11.8 Å². The van der Waals surface area contributed by atoms with Gasteiger partial charge in [0.1, 0.15) is 0 Å². The second-order valence-corrected chi connectivity index (χ2v) is 6.26. The maximum atomic E-state index is 10.6. The van der Waals surface area contributed by atoms with Gasteiger partial charge in [0.2, 0.25) is 0 Å². The maximum absolute atomic E-state index is 10.6. The first-order valence-electron chi connectivity index (χ1n) is 7.47. The summed E-state index contributed by atoms with van der Waals surface area (Å²) in [6.45, 7) is 5.22. The monoisotopic (exact) mass is 240 g/mol. The van der Waals surface area contributed by atoms with Crippen molar-refractivity contribution in [1.82, 2.24) is 0 Å². The fourth-order valence-electron chi connectivity index (χ4n) is 3.68. The second-order valence-electron chi connectivity index (χ2n) is 6.26. The van der Waals surface area contributed by atoms with Gasteiger partial charge in [-0.05, 0) is 50.9 Å². The highest BCUT2D eigenvalue weighted by Gasteiger charge is 2.41. The van der Waals surface area contributed by atoms with Crippen molar-refractivity contribution in [3.63, 3.8) is 0 Å². The van der Waals surface area contributed by atoms with Crippen LogP contribution in [0.1, 0.15) is 65.2 Å². The third-order valence-corrected chi connectivity index (χ3v) is 4.97. The lowest BCUT2D eigenvalue weighted by Gasteiger charge is -2.43. The van der Waals surface area contributed by atoms with Crippen molar-refractivity contribution in [1.29, 1.82) is 0 Å². The normalized spacial score (nSPS) is 41.1. The highest BCUT2D eigenvalue weighted by atomic mass is 16.5. The fourth-order valence-corrected chi connectivity index (χ4v) is 3.68. The molecule has 2 fully saturated rings. The minimum atomic E-state index is -0.265. The van der Waals surface area contributed by atoms with Crippen LogP contribution in [-0.4, -0.2) is 23.4 Å². The Balaban J connectivity index is 1.95. The van der Waals surface area contributed by atoms with Gasteiger partial charge in [-0.15, -0.1) is 0 Å². The van der Waals surface area contributed by atoms with Crippen LogP contribution in [0.25, 0.3) is 0 Å². The highest BCUT2D eigenvalue weighted by Crippen LogP contribution is 2.39. The van der Waals surface area contributed by atoms with Gasteiger partial charge < -0.3 is 9.84 Å². The lowest BCUT2D eigenvalue weighted by molar-refractivity contribution is -0.158. The van der Waals surface area contributed by atoms with Gasteiger partial charge in [0, 0.05) is 6.61 Å². The van der Waals surface area contributed by atoms with Crippen molar-refractivity contribution < 1.29 is 9.84 Å². The predicted octanol–water partition coefficient (Wildman–Crippen LogP) is 3.52. The molecule has 2 heteroatoms. The highest BCUT2D eigenvalue weighted by molar-refractivity contribution is 4.92. The molecular weight excluding hydrogens is 212 g/mol. The quantitative estimate of drug-likeness (QED) is 0.818. The van der Waals surface area contributed by atoms with E-state index in [2.05, 4.69) is 13.8 Å². The zero-order valence-electron chi connectivity index (χ0n) is 11.5. The van der Waals surface area contributed by atoms with Gasteiger partial charge in [-0.25, -0.2) is 0 Å². The smallest absolute Gasteiger partial charge is 0.0914 e. The van der Waals surface area contributed by atoms with E-state index in [1.54, 1.807) is 0 Å². The molecule has 0 aromatic heterocycles. The van der Waals surface area contributed by atoms with Crippen LogP contribution in [0.3, 0.4) is 0 Å². The van der Waals surface area contributed by atoms with E-state index in [9.17, 15) is 5.11 Å². The molecule has 0 radical (unpaired) electrons. The first kappa shape index (κ1) is 13.4. The third-order valence-electron chi connectivity index (χ3n) is 4.97. The molecule has 0 spiro atoms. The van der Waals surface area contributed by atoms with Gasteiger partial charge in [0.15, 0.2) is 0 Å². The van der Waals surface area contributed by atoms with Gasteiger partial charge >= 0.3 is 0 Å². The molecule has 2 aliphatic rings. The van der Waals surface area contributed by atoms with Gasteiger partial charge in [0.05, 0.1) is 11.7 Å². The van der Waals surface area contributed by atoms with Crippen molar-refractivity contribution in [2.24, 2.45) is 11.8 Å². The summed E-state index contributed by atoms with van der Waals surface area (Å²) < 4.78 is 5.90. The zero-order valence-corrected chi connectivity index (χ0v) is 11.5. The number of ether oxygens (including phenoxy) is 1. The number of hydrogen-bond acceptors (Lipinski definition) is 2. The molecule has 0 aromatic rings. The first-order valence-corrected chi connectivity index (χ1v) is 7.47. The summed E-state index contributed by atoms with van der Waals surface area (Å²) in [4.78, 5) is 0. The SMILES string of the molecule is CCC1CCCC(C(O)C2(C)CCCCO2)C1. The molecular formula is C15H28O2. The van der Waals surface area contributed by atoms with Gasteiger partial charge in [0.25, 0.3) is 0 Å². The Hall–Kier alpha value is -0.0800. The van der Waals surface area contributed by atoms with Crippen molar-refractivity contribution in [3.05, 3.63) is 0 Å². The zero-order chi connectivity index (χ0) is 12.3. The van der Waals surface area contributed by atoms with E-state index in [-0.39, 0.29) is 11.7 Å². The Labute approximate surface area is 106 Å². The van der Waals surface area contributed by atoms with Crippen molar-refractivity contribution >= 4 is 0 Å². The van der Waals surface area contributed by atoms with Crippen molar-refractivity contribution in [3.8, 4) is 0 Å². The summed E-state index contributed by atoms with van der Waals surface area (Å²) in [5, 5.41) is 10.6. The van der Waals surface area contributed by atoms with Crippen LogP contribution in [0.2, 0.25) is 0 Å². The minimum Gasteiger partial charge on any atom is -0.390 e. The number of aliphatic hydroxyl groups is 1. The molecule has 0 amide bonds. The summed E-state index contributed by atoms with van der Waals surface area (Å²) in [5.41, 5.74) is -0.265. The van der Waals surface area contributed by atoms with Crippen LogP contribution < -0.4 is 0 Å². The van der Waals surface area contributed by atoms with E-state index in [1.807, 2.05) is 0 Å². The number of aliphatic hydroxyl groups excluding tert-OH is 1. The Morgan fingerprint density at radius 1 is 1.29 bits per heavy atom. The van der Waals surface area contributed by atoms with Gasteiger partial charge in [-0.1, -0.05) is 26.2 Å². The van der Waals surface area contributed by atoms with E-state index in [0.29, 0.717) is 5.92 Å². The summed E-state index contributed by atoms with van der Waals surface area (Å²) >= 11 is 0. The summed E-state index contributed by atoms with van der Waals surface area (Å²) in [6, 6.07) is 0. The van der Waals surface area contributed by atoms with Crippen LogP contribution in [0.4, 0.5) is 0 Å². The molecule has 0 aromatic carbocycles. The average Bonchev–Trinajstić information content (AvgIpc) is 2.39. The Morgan fingerprint density at radius 2 is 2.12 bits per heavy atom. The first-order chi connectivity index (χ1) is 8.15. The molecule has 1 aliphatic heterocycles. The van der Waals surface area contributed by atoms with Crippen LogP contribution in [0.5, 0.6) is 0 Å². The Kier molecular flexibility index (Phi) is 4.48. The maximum Gasteiger partial charge on any atom is 0.0914 e. The molecule has 2 rings (SSSR count). The van der Waals surface area contributed by atoms with E-state index in [4.69, 9.17) is 4.74 Å². The molecule has 1 heterocycles. The summed E-state index contributed by atoms with van der Waals surface area (Å²) in [5.74, 6) is 1.30. The lowest BCUT2D eigenvalue weighted by atomic mass is 9.72. The van der Waals surface area contributed by atoms with E-state index < -0.39 is 0 Å². The van der Waals surface area contributed by atoms with Crippen molar-refractivity contribution in [2.45, 2.75) is 76.9 Å². The second kappa shape index (κ2) is 5.71. The van der Waals surface area contributed by atoms with E-state index in [1.165, 1.54) is 38.5 Å². The summed E-state index contributed by atoms with van der Waals surface area (Å²) in [6.07, 6.45) is 9.45. The third kappa shape index (κ3) is 3.03. The number of hydrogen-bond donors (Lipinski definition) is 1. The molecule has 100 valence electrons. The molecule has 0 bridgehead atoms. The molecule has 1 saturated heterocycles. The van der Waals surface area contributed by atoms with Crippen molar-refractivity contribution in [2.75, 3.05) is 6.61 Å². The van der Waals surface area contributed by atoms with E-state index >= 15 is 0 Å². The van der Waals surface area contributed by atoms with Gasteiger partial charge in [-0.2, -0.15) is 0 Å². The standard InChI is InChI=1S/C15H28O2/c1-3-12-7-6-8-13(11-12)14(16)15(2)9-4-5-10-17-15/h12-14,16H,3-11H2,1-2H3. The Morgan fingerprint density at radius 3 is 2.76 bits per heavy atom. The molecule has 17 heavy (non-hydrogen) atoms. The Bertz CT molecular complexity index is 233. The van der Waals surface area contributed by atoms with Gasteiger partial charge in [-0.3, -0.25) is 0 Å². The molecule has 4 unspecified atom stereocenters. The topological polar surface area (TPSA) is 29.5 Å². The molecule has 1 aliphatic carbocycles. The predicted molar refractivity (Wildman–Crippen MR) is 70.0 cm³/mol. The molecule has 1 saturated carbocycles. The summed E-state index contributed by atoms with van der Waals surface area (Å²) in [7, 11) is 0. The minimum absolute atomic E-state index is 0.253. The number of rotatable bonds is 3. The fraction of sp³-hybridized carbons (Fsp3) is 1.00. The largest absolute Gasteiger partial charge is 0.390 e. The lowest BCUT2D eigenvalue weighted by Crippen LogP contribution is -2.49. The van der Waals surface area contributed by atoms with Crippen LogP contribution >= 0.6 is 0 Å². The molecule has 1 N–H and O–H groups in total. The molecule has 4 atom stereocenters. The van der Waals surface area contributed by atoms with E-state index in [0.717, 1.165) is 25.4 Å². The molecule has 2 nitrogen and oxygen atoms in total. The van der Waals surface area contributed by atoms with Crippen LogP contribution in [0.15, 0.2) is 0 Å².